The third-order valence-electron chi connectivity index (χ3n) is 4.62. The number of hydrogen-bond donors (Lipinski definition) is 2. The molecule has 1 aliphatic heterocycles. The number of fused-ring (bicyclic) bond motifs is 1. The fraction of sp³-hybridized carbons (Fsp3) is 0.353. The van der Waals surface area contributed by atoms with Gasteiger partial charge < -0.3 is 10.4 Å². The molecule has 130 valence electrons. The van der Waals surface area contributed by atoms with Crippen LogP contribution in [0.25, 0.3) is 16.7 Å². The number of hydrogen-bond acceptors (Lipinski definition) is 5. The number of halogens is 1. The monoisotopic (exact) mass is 403 g/mol. The predicted molar refractivity (Wildman–Crippen MR) is 97.9 cm³/mol. The van der Waals surface area contributed by atoms with E-state index in [2.05, 4.69) is 31.3 Å². The Hall–Kier alpha value is -2.03. The molecule has 0 aliphatic carbocycles. The number of rotatable bonds is 3. The Morgan fingerprint density at radius 3 is 2.68 bits per heavy atom. The minimum Gasteiger partial charge on any atom is -0.388 e. The molecule has 1 aliphatic rings. The molecule has 0 saturated carbocycles. The molecule has 7 nitrogen and oxygen atoms in total. The maximum atomic E-state index is 12.8. The Kier molecular flexibility index (Phi) is 4.18. The Balaban J connectivity index is 1.72. The molecule has 2 N–H and O–H groups in total. The zero-order chi connectivity index (χ0) is 17.4. The van der Waals surface area contributed by atoms with Gasteiger partial charge in [0.1, 0.15) is 11.7 Å². The summed E-state index contributed by atoms with van der Waals surface area (Å²) in [6, 6.07) is 7.64. The van der Waals surface area contributed by atoms with Gasteiger partial charge >= 0.3 is 0 Å². The molecule has 2 aromatic heterocycles. The maximum Gasteiger partial charge on any atom is 0.264 e. The second-order valence-corrected chi connectivity index (χ2v) is 7.34. The first-order valence-electron chi connectivity index (χ1n) is 8.18. The van der Waals surface area contributed by atoms with Gasteiger partial charge in [-0.05, 0) is 50.2 Å². The molecule has 8 heteroatoms. The second-order valence-electron chi connectivity index (χ2n) is 6.42. The Morgan fingerprint density at radius 1 is 1.24 bits per heavy atom. The van der Waals surface area contributed by atoms with Gasteiger partial charge in [0.05, 0.1) is 24.0 Å². The summed E-state index contributed by atoms with van der Waals surface area (Å²) in [5.74, 6) is 0. The van der Waals surface area contributed by atoms with Crippen LogP contribution < -0.4 is 10.9 Å². The quantitative estimate of drug-likeness (QED) is 0.691. The zero-order valence-corrected chi connectivity index (χ0v) is 15.1. The summed E-state index contributed by atoms with van der Waals surface area (Å²) in [5, 5.41) is 18.7. The van der Waals surface area contributed by atoms with Crippen LogP contribution in [-0.4, -0.2) is 43.1 Å². The van der Waals surface area contributed by atoms with Gasteiger partial charge in [0.15, 0.2) is 5.65 Å². The summed E-state index contributed by atoms with van der Waals surface area (Å²) >= 11 is 3.40. The van der Waals surface area contributed by atoms with Crippen LogP contribution in [0, 0.1) is 0 Å². The number of nitrogens with zero attached hydrogens (tertiary/aromatic N) is 4. The van der Waals surface area contributed by atoms with Crippen LogP contribution in [0.15, 0.2) is 46.1 Å². The van der Waals surface area contributed by atoms with Crippen molar-refractivity contribution < 1.29 is 5.11 Å². The molecule has 1 aromatic carbocycles. The molecule has 25 heavy (non-hydrogen) atoms. The molecule has 3 heterocycles. The second kappa shape index (κ2) is 6.36. The fourth-order valence-corrected chi connectivity index (χ4v) is 3.46. The molecule has 0 atom stereocenters. The van der Waals surface area contributed by atoms with Gasteiger partial charge in [-0.2, -0.15) is 5.10 Å². The molecule has 1 saturated heterocycles. The van der Waals surface area contributed by atoms with Gasteiger partial charge in [0.2, 0.25) is 0 Å². The van der Waals surface area contributed by atoms with Crippen molar-refractivity contribution in [1.29, 1.82) is 0 Å². The molecule has 0 unspecified atom stereocenters. The molecule has 4 rings (SSSR count). The highest BCUT2D eigenvalue weighted by Gasteiger charge is 2.30. The van der Waals surface area contributed by atoms with E-state index >= 15 is 0 Å². The molecular weight excluding hydrogens is 386 g/mol. The van der Waals surface area contributed by atoms with E-state index in [0.29, 0.717) is 23.9 Å². The van der Waals surface area contributed by atoms with Crippen molar-refractivity contribution in [3.63, 3.8) is 0 Å². The van der Waals surface area contributed by atoms with Crippen LogP contribution in [0.5, 0.6) is 0 Å². The average molecular weight is 404 g/mol. The smallest absolute Gasteiger partial charge is 0.264 e. The minimum atomic E-state index is -0.869. The molecule has 0 bridgehead atoms. The van der Waals surface area contributed by atoms with Gasteiger partial charge in [-0.15, -0.1) is 0 Å². The van der Waals surface area contributed by atoms with Crippen LogP contribution in [0.3, 0.4) is 0 Å². The first kappa shape index (κ1) is 16.4. The summed E-state index contributed by atoms with van der Waals surface area (Å²) < 4.78 is 4.10. The number of benzene rings is 1. The van der Waals surface area contributed by atoms with Crippen LogP contribution >= 0.6 is 15.9 Å². The van der Waals surface area contributed by atoms with Crippen LogP contribution in [0.4, 0.5) is 0 Å². The van der Waals surface area contributed by atoms with Crippen LogP contribution in [0.2, 0.25) is 0 Å². The van der Waals surface area contributed by atoms with Gasteiger partial charge in [-0.25, -0.2) is 9.67 Å². The Labute approximate surface area is 152 Å². The van der Waals surface area contributed by atoms with Crippen molar-refractivity contribution in [1.82, 2.24) is 24.6 Å². The molecule has 0 amide bonds. The normalized spacial score (nSPS) is 17.0. The molecular formula is C17H18BrN5O2. The van der Waals surface area contributed by atoms with E-state index in [-0.39, 0.29) is 12.1 Å². The van der Waals surface area contributed by atoms with E-state index in [1.807, 2.05) is 24.3 Å². The van der Waals surface area contributed by atoms with Crippen LogP contribution in [0.1, 0.15) is 12.8 Å². The first-order chi connectivity index (χ1) is 12.1. The van der Waals surface area contributed by atoms with E-state index in [1.165, 1.54) is 17.1 Å². The minimum absolute atomic E-state index is 0.180. The lowest BCUT2D eigenvalue weighted by Gasteiger charge is -2.32. The van der Waals surface area contributed by atoms with Crippen molar-refractivity contribution in [2.45, 2.75) is 25.0 Å². The lowest BCUT2D eigenvalue weighted by atomic mass is 9.92. The summed E-state index contributed by atoms with van der Waals surface area (Å²) in [7, 11) is 0. The summed E-state index contributed by atoms with van der Waals surface area (Å²) in [6.07, 6.45) is 4.28. The number of piperidine rings is 1. The van der Waals surface area contributed by atoms with Gasteiger partial charge in [0.25, 0.3) is 5.56 Å². The number of aliphatic hydroxyl groups is 1. The van der Waals surface area contributed by atoms with Gasteiger partial charge in [-0.1, -0.05) is 15.9 Å². The number of nitrogens with one attached hydrogen (secondary N) is 1. The summed E-state index contributed by atoms with van der Waals surface area (Å²) in [6.45, 7) is 1.75. The van der Waals surface area contributed by atoms with E-state index in [1.54, 1.807) is 4.68 Å². The summed E-state index contributed by atoms with van der Waals surface area (Å²) in [4.78, 5) is 17.2. The number of aromatic nitrogens is 4. The fourth-order valence-electron chi connectivity index (χ4n) is 3.20. The zero-order valence-electron chi connectivity index (χ0n) is 13.5. The molecule has 1 fully saturated rings. The summed E-state index contributed by atoms with van der Waals surface area (Å²) in [5.41, 5.74) is 0.299. The topological polar surface area (TPSA) is 85.0 Å². The van der Waals surface area contributed by atoms with Crippen molar-refractivity contribution in [3.05, 3.63) is 51.6 Å². The molecule has 0 radical (unpaired) electrons. The third kappa shape index (κ3) is 3.12. The van der Waals surface area contributed by atoms with Crippen molar-refractivity contribution in [2.75, 3.05) is 13.1 Å². The lowest BCUT2D eigenvalue weighted by molar-refractivity contribution is -0.00627. The van der Waals surface area contributed by atoms with Crippen molar-refractivity contribution in [2.24, 2.45) is 0 Å². The van der Waals surface area contributed by atoms with Gasteiger partial charge in [-0.3, -0.25) is 9.36 Å². The first-order valence-corrected chi connectivity index (χ1v) is 8.97. The molecule has 3 aromatic rings. The van der Waals surface area contributed by atoms with E-state index in [9.17, 15) is 9.90 Å². The highest BCUT2D eigenvalue weighted by atomic mass is 79.9. The SMILES string of the molecule is O=c1c2cnn(-c3ccc(Br)cc3)c2ncn1CC1(O)CCNCC1. The average Bonchev–Trinajstić information content (AvgIpc) is 3.03. The van der Waals surface area contributed by atoms with E-state index in [4.69, 9.17) is 0 Å². The Morgan fingerprint density at radius 2 is 1.96 bits per heavy atom. The largest absolute Gasteiger partial charge is 0.388 e. The standard InChI is InChI=1S/C17H18BrN5O2/c18-12-1-3-13(4-2-12)23-15-14(9-21-23)16(24)22(11-20-15)10-17(25)5-7-19-8-6-17/h1-4,9,11,19,25H,5-8,10H2. The predicted octanol–water partition coefficient (Wildman–Crippen LogP) is 1.46. The van der Waals surface area contributed by atoms with Crippen molar-refractivity contribution in [3.8, 4) is 5.69 Å². The van der Waals surface area contributed by atoms with E-state index in [0.717, 1.165) is 23.2 Å². The highest BCUT2D eigenvalue weighted by Crippen LogP contribution is 2.20. The lowest BCUT2D eigenvalue weighted by Crippen LogP contribution is -2.46. The molecule has 0 spiro atoms. The highest BCUT2D eigenvalue weighted by molar-refractivity contribution is 9.10. The third-order valence-corrected chi connectivity index (χ3v) is 5.15. The van der Waals surface area contributed by atoms with E-state index < -0.39 is 5.60 Å². The Bertz CT molecular complexity index is 957. The van der Waals surface area contributed by atoms with Crippen molar-refractivity contribution >= 4 is 27.0 Å². The maximum absolute atomic E-state index is 12.8. The van der Waals surface area contributed by atoms with Gasteiger partial charge in [0, 0.05) is 4.47 Å². The van der Waals surface area contributed by atoms with Crippen LogP contribution in [-0.2, 0) is 6.54 Å².